The summed E-state index contributed by atoms with van der Waals surface area (Å²) in [6.07, 6.45) is 3.35. The molecule has 2 aromatic rings. The Morgan fingerprint density at radius 1 is 1.32 bits per heavy atom. The molecule has 0 unspecified atom stereocenters. The van der Waals surface area contributed by atoms with Crippen LogP contribution in [0.4, 0.5) is 0 Å². The second-order valence-corrected chi connectivity index (χ2v) is 4.97. The van der Waals surface area contributed by atoms with E-state index in [1.165, 1.54) is 6.33 Å². The van der Waals surface area contributed by atoms with E-state index in [-0.39, 0.29) is 5.78 Å². The summed E-state index contributed by atoms with van der Waals surface area (Å²) in [4.78, 5) is 30.9. The van der Waals surface area contributed by atoms with Gasteiger partial charge in [-0.3, -0.25) is 9.59 Å². The van der Waals surface area contributed by atoms with Crippen LogP contribution in [0.1, 0.15) is 16.8 Å². The number of nitrogens with zero attached hydrogens (tertiary/aromatic N) is 2. The number of ketones is 1. The molecule has 0 spiro atoms. The fourth-order valence-electron chi connectivity index (χ4n) is 2.16. The number of halogens is 1. The molecule has 5 nitrogen and oxygen atoms in total. The average molecular weight is 277 g/mol. The minimum atomic E-state index is -0.924. The molecule has 0 amide bonds. The highest BCUT2D eigenvalue weighted by atomic mass is 35.5. The summed E-state index contributed by atoms with van der Waals surface area (Å²) in [5.41, 5.74) is 0.989. The number of carboxylic acid groups (broad SMARTS) is 1. The van der Waals surface area contributed by atoms with Crippen molar-refractivity contribution in [2.24, 2.45) is 11.8 Å². The summed E-state index contributed by atoms with van der Waals surface area (Å²) < 4.78 is 0. The SMILES string of the molecule is O=C(O)[C@H]1C[C@@H]1C(=O)c1cc(Cl)c2cncnc2c1. The maximum absolute atomic E-state index is 12.2. The van der Waals surface area contributed by atoms with Gasteiger partial charge in [-0.15, -0.1) is 0 Å². The number of carboxylic acids is 1. The predicted octanol–water partition coefficient (Wildman–Crippen LogP) is 2.19. The highest BCUT2D eigenvalue weighted by Gasteiger charge is 2.48. The lowest BCUT2D eigenvalue weighted by molar-refractivity contribution is -0.138. The lowest BCUT2D eigenvalue weighted by Crippen LogP contribution is -2.08. The largest absolute Gasteiger partial charge is 0.481 e. The van der Waals surface area contributed by atoms with E-state index < -0.39 is 17.8 Å². The monoisotopic (exact) mass is 276 g/mol. The molecule has 2 atom stereocenters. The van der Waals surface area contributed by atoms with Crippen molar-refractivity contribution in [1.82, 2.24) is 9.97 Å². The molecule has 0 bridgehead atoms. The molecule has 19 heavy (non-hydrogen) atoms. The van der Waals surface area contributed by atoms with Gasteiger partial charge in [0.25, 0.3) is 0 Å². The third-order valence-electron chi connectivity index (χ3n) is 3.30. The number of carbonyl (C=O) groups excluding carboxylic acids is 1. The number of benzene rings is 1. The second-order valence-electron chi connectivity index (χ2n) is 4.56. The quantitative estimate of drug-likeness (QED) is 0.869. The first-order chi connectivity index (χ1) is 9.08. The van der Waals surface area contributed by atoms with E-state index in [2.05, 4.69) is 9.97 Å². The van der Waals surface area contributed by atoms with E-state index in [0.717, 1.165) is 0 Å². The first kappa shape index (κ1) is 12.0. The van der Waals surface area contributed by atoms with E-state index >= 15 is 0 Å². The van der Waals surface area contributed by atoms with Crippen LogP contribution in [0.2, 0.25) is 5.02 Å². The van der Waals surface area contributed by atoms with Crippen molar-refractivity contribution in [3.05, 3.63) is 35.2 Å². The first-order valence-electron chi connectivity index (χ1n) is 5.74. The van der Waals surface area contributed by atoms with Crippen LogP contribution in [-0.4, -0.2) is 26.8 Å². The Morgan fingerprint density at radius 2 is 2.11 bits per heavy atom. The van der Waals surface area contributed by atoms with E-state index in [0.29, 0.717) is 27.9 Å². The van der Waals surface area contributed by atoms with Crippen molar-refractivity contribution in [2.45, 2.75) is 6.42 Å². The average Bonchev–Trinajstić information content (AvgIpc) is 3.18. The molecule has 1 aromatic heterocycles. The highest BCUT2D eigenvalue weighted by Crippen LogP contribution is 2.41. The van der Waals surface area contributed by atoms with Crippen molar-refractivity contribution < 1.29 is 14.7 Å². The van der Waals surface area contributed by atoms with Crippen molar-refractivity contribution in [1.29, 1.82) is 0 Å². The van der Waals surface area contributed by atoms with Crippen molar-refractivity contribution in [3.8, 4) is 0 Å². The van der Waals surface area contributed by atoms with E-state index in [1.807, 2.05) is 0 Å². The number of aromatic nitrogens is 2. The smallest absolute Gasteiger partial charge is 0.307 e. The van der Waals surface area contributed by atoms with Gasteiger partial charge in [-0.1, -0.05) is 11.6 Å². The molecule has 0 saturated heterocycles. The van der Waals surface area contributed by atoms with Gasteiger partial charge in [0.05, 0.1) is 16.5 Å². The molecule has 1 aliphatic carbocycles. The predicted molar refractivity (Wildman–Crippen MR) is 68.1 cm³/mol. The summed E-state index contributed by atoms with van der Waals surface area (Å²) in [5, 5.41) is 9.92. The van der Waals surface area contributed by atoms with Crippen LogP contribution in [-0.2, 0) is 4.79 Å². The van der Waals surface area contributed by atoms with Crippen LogP contribution in [0, 0.1) is 11.8 Å². The van der Waals surface area contributed by atoms with Crippen LogP contribution in [0.3, 0.4) is 0 Å². The van der Waals surface area contributed by atoms with Gasteiger partial charge in [-0.25, -0.2) is 9.97 Å². The lowest BCUT2D eigenvalue weighted by atomic mass is 10.0. The zero-order valence-corrected chi connectivity index (χ0v) is 10.5. The minimum absolute atomic E-state index is 0.185. The molecule has 0 aliphatic heterocycles. The Labute approximate surface area is 113 Å². The molecule has 1 fully saturated rings. The molecule has 3 rings (SSSR count). The minimum Gasteiger partial charge on any atom is -0.481 e. The summed E-state index contributed by atoms with van der Waals surface area (Å²) in [6, 6.07) is 3.18. The van der Waals surface area contributed by atoms with Gasteiger partial charge in [0.1, 0.15) is 6.33 Å². The number of rotatable bonds is 3. The number of hydrogen-bond donors (Lipinski definition) is 1. The van der Waals surface area contributed by atoms with Crippen LogP contribution in [0.5, 0.6) is 0 Å². The molecule has 0 radical (unpaired) electrons. The van der Waals surface area contributed by atoms with Crippen LogP contribution >= 0.6 is 11.6 Å². The fourth-order valence-corrected chi connectivity index (χ4v) is 2.42. The van der Waals surface area contributed by atoms with Crippen LogP contribution < -0.4 is 0 Å². The summed E-state index contributed by atoms with van der Waals surface area (Å²) in [7, 11) is 0. The molecule has 1 aromatic carbocycles. The van der Waals surface area contributed by atoms with E-state index in [4.69, 9.17) is 16.7 Å². The lowest BCUT2D eigenvalue weighted by Gasteiger charge is -2.04. The third kappa shape index (κ3) is 2.06. The number of carbonyl (C=O) groups is 2. The highest BCUT2D eigenvalue weighted by molar-refractivity contribution is 6.35. The Morgan fingerprint density at radius 3 is 2.79 bits per heavy atom. The molecular formula is C13H9ClN2O3. The van der Waals surface area contributed by atoms with Gasteiger partial charge in [0.2, 0.25) is 0 Å². The Hall–Kier alpha value is -2.01. The number of hydrogen-bond acceptors (Lipinski definition) is 4. The van der Waals surface area contributed by atoms with Gasteiger partial charge in [-0.05, 0) is 18.6 Å². The molecule has 96 valence electrons. The molecule has 1 aliphatic rings. The summed E-state index contributed by atoms with van der Waals surface area (Å²) in [5.74, 6) is -2.11. The first-order valence-corrected chi connectivity index (χ1v) is 6.12. The van der Waals surface area contributed by atoms with Crippen molar-refractivity contribution in [2.75, 3.05) is 0 Å². The summed E-state index contributed by atoms with van der Waals surface area (Å²) in [6.45, 7) is 0. The molecular weight excluding hydrogens is 268 g/mol. The number of aliphatic carboxylic acids is 1. The van der Waals surface area contributed by atoms with Gasteiger partial charge < -0.3 is 5.11 Å². The Kier molecular flexibility index (Phi) is 2.71. The van der Waals surface area contributed by atoms with Gasteiger partial charge in [-0.2, -0.15) is 0 Å². The van der Waals surface area contributed by atoms with Crippen molar-refractivity contribution >= 4 is 34.3 Å². The summed E-state index contributed by atoms with van der Waals surface area (Å²) >= 11 is 6.08. The Bertz CT molecular complexity index is 701. The van der Waals surface area contributed by atoms with E-state index in [9.17, 15) is 9.59 Å². The van der Waals surface area contributed by atoms with Crippen molar-refractivity contribution in [3.63, 3.8) is 0 Å². The molecule has 1 N–H and O–H groups in total. The normalized spacial score (nSPS) is 21.3. The van der Waals surface area contributed by atoms with Crippen LogP contribution in [0.25, 0.3) is 10.9 Å². The molecule has 1 saturated carbocycles. The maximum Gasteiger partial charge on any atom is 0.307 e. The van der Waals surface area contributed by atoms with Gasteiger partial charge in [0.15, 0.2) is 5.78 Å². The topological polar surface area (TPSA) is 80.1 Å². The van der Waals surface area contributed by atoms with Crippen LogP contribution in [0.15, 0.2) is 24.7 Å². The Balaban J connectivity index is 1.98. The fraction of sp³-hybridized carbons (Fsp3) is 0.231. The zero-order valence-electron chi connectivity index (χ0n) is 9.71. The van der Waals surface area contributed by atoms with Gasteiger partial charge in [0, 0.05) is 23.1 Å². The number of fused-ring (bicyclic) bond motifs is 1. The second kappa shape index (κ2) is 4.28. The van der Waals surface area contributed by atoms with E-state index in [1.54, 1.807) is 18.3 Å². The standard InChI is InChI=1S/C13H9ClN2O3/c14-10-1-6(2-11-9(10)4-15-5-16-11)12(17)7-3-8(7)13(18)19/h1-2,4-5,7-8H,3H2,(H,18,19)/t7-,8-/m0/s1. The molecule has 1 heterocycles. The zero-order chi connectivity index (χ0) is 13.6. The number of Topliss-reactive ketones (excluding diaryl/α,β-unsaturated/α-hetero) is 1. The third-order valence-corrected chi connectivity index (χ3v) is 3.62. The van der Waals surface area contributed by atoms with Gasteiger partial charge >= 0.3 is 5.97 Å². The molecule has 6 heteroatoms. The maximum atomic E-state index is 12.2.